The van der Waals surface area contributed by atoms with Gasteiger partial charge in [-0.3, -0.25) is 0 Å². The number of methoxy groups -OCH3 is 1. The van der Waals surface area contributed by atoms with E-state index in [0.717, 1.165) is 26.2 Å². The summed E-state index contributed by atoms with van der Waals surface area (Å²) in [6.45, 7) is 3.87. The van der Waals surface area contributed by atoms with Crippen molar-refractivity contribution in [1.82, 2.24) is 10.2 Å². The number of rotatable bonds is 6. The molecule has 3 heteroatoms. The Morgan fingerprint density at radius 1 is 1.30 bits per heavy atom. The first-order chi connectivity index (χ1) is 4.77. The normalized spacial score (nSPS) is 10.8. The van der Waals surface area contributed by atoms with E-state index in [0.29, 0.717) is 0 Å². The molecule has 0 aromatic rings. The molecule has 1 N–H and O–H groups in total. The van der Waals surface area contributed by atoms with Crippen molar-refractivity contribution >= 4 is 0 Å². The summed E-state index contributed by atoms with van der Waals surface area (Å²) in [5, 5.41) is 3.25. The third-order valence-electron chi connectivity index (χ3n) is 1.22. The van der Waals surface area contributed by atoms with E-state index in [1.807, 2.05) is 0 Å². The van der Waals surface area contributed by atoms with Crippen LogP contribution in [0.1, 0.15) is 0 Å². The molecule has 0 spiro atoms. The first-order valence-electron chi connectivity index (χ1n) is 3.61. The minimum Gasteiger partial charge on any atom is -0.383 e. The highest BCUT2D eigenvalue weighted by Gasteiger charge is 1.88. The summed E-state index contributed by atoms with van der Waals surface area (Å²) in [6, 6.07) is 0. The van der Waals surface area contributed by atoms with Crippen molar-refractivity contribution in [2.45, 2.75) is 0 Å². The zero-order valence-electron chi connectivity index (χ0n) is 7.18. The van der Waals surface area contributed by atoms with E-state index in [2.05, 4.69) is 24.3 Å². The Hall–Kier alpha value is -0.120. The molecule has 0 aliphatic heterocycles. The molecule has 0 aliphatic carbocycles. The van der Waals surface area contributed by atoms with Crippen LogP contribution in [0.4, 0.5) is 0 Å². The second-order valence-electron chi connectivity index (χ2n) is 2.55. The largest absolute Gasteiger partial charge is 0.383 e. The molecule has 0 aromatic heterocycles. The molecule has 10 heavy (non-hydrogen) atoms. The van der Waals surface area contributed by atoms with E-state index < -0.39 is 0 Å². The van der Waals surface area contributed by atoms with Crippen molar-refractivity contribution < 1.29 is 4.74 Å². The highest BCUT2D eigenvalue weighted by molar-refractivity contribution is 4.48. The maximum atomic E-state index is 4.87. The zero-order chi connectivity index (χ0) is 7.82. The van der Waals surface area contributed by atoms with Crippen LogP contribution in [-0.4, -0.2) is 52.3 Å². The lowest BCUT2D eigenvalue weighted by Gasteiger charge is -2.09. The van der Waals surface area contributed by atoms with Crippen LogP contribution >= 0.6 is 0 Å². The maximum Gasteiger partial charge on any atom is 0.0587 e. The van der Waals surface area contributed by atoms with Gasteiger partial charge >= 0.3 is 0 Å². The fraction of sp³-hybridized carbons (Fsp3) is 1.00. The van der Waals surface area contributed by atoms with Crippen molar-refractivity contribution in [2.24, 2.45) is 0 Å². The lowest BCUT2D eigenvalue weighted by Crippen LogP contribution is -2.28. The second-order valence-corrected chi connectivity index (χ2v) is 2.55. The van der Waals surface area contributed by atoms with Gasteiger partial charge in [0.15, 0.2) is 0 Å². The molecule has 0 fully saturated rings. The van der Waals surface area contributed by atoms with Crippen molar-refractivity contribution in [3.63, 3.8) is 0 Å². The Morgan fingerprint density at radius 2 is 2.00 bits per heavy atom. The Morgan fingerprint density at radius 3 is 2.50 bits per heavy atom. The first-order valence-corrected chi connectivity index (χ1v) is 3.61. The molecule has 0 radical (unpaired) electrons. The molecule has 3 nitrogen and oxygen atoms in total. The Balaban J connectivity index is 2.77. The Bertz CT molecular complexity index is 66.6. The van der Waals surface area contributed by atoms with Crippen LogP contribution in [0.5, 0.6) is 0 Å². The van der Waals surface area contributed by atoms with Gasteiger partial charge in [-0.1, -0.05) is 0 Å². The maximum absolute atomic E-state index is 4.87. The molecule has 0 aliphatic rings. The second kappa shape index (κ2) is 6.99. The summed E-state index contributed by atoms with van der Waals surface area (Å²) in [5.74, 6) is 0. The summed E-state index contributed by atoms with van der Waals surface area (Å²) in [7, 11) is 5.85. The molecule has 0 bridgehead atoms. The molecule has 0 saturated heterocycles. The standard InChI is InChI=1S/C7H18N2O/c1-9(2)6-4-8-5-7-10-3/h8H,4-7H2,1-3H3. The molecular weight excluding hydrogens is 128 g/mol. The van der Waals surface area contributed by atoms with Gasteiger partial charge in [-0.05, 0) is 14.1 Å². The van der Waals surface area contributed by atoms with Crippen LogP contribution < -0.4 is 5.32 Å². The number of nitrogens with zero attached hydrogens (tertiary/aromatic N) is 1. The van der Waals surface area contributed by atoms with Crippen LogP contribution in [0.15, 0.2) is 0 Å². The van der Waals surface area contributed by atoms with E-state index in [-0.39, 0.29) is 0 Å². The minimum absolute atomic E-state index is 0.799. The quantitative estimate of drug-likeness (QED) is 0.524. The van der Waals surface area contributed by atoms with Crippen molar-refractivity contribution in [3.05, 3.63) is 0 Å². The van der Waals surface area contributed by atoms with Crippen LogP contribution in [0.2, 0.25) is 0 Å². The van der Waals surface area contributed by atoms with Crippen molar-refractivity contribution in [2.75, 3.05) is 47.4 Å². The van der Waals surface area contributed by atoms with Gasteiger partial charge in [0.25, 0.3) is 0 Å². The van der Waals surface area contributed by atoms with E-state index in [9.17, 15) is 0 Å². The fourth-order valence-corrected chi connectivity index (χ4v) is 0.602. The summed E-state index contributed by atoms with van der Waals surface area (Å²) in [5.41, 5.74) is 0. The third-order valence-corrected chi connectivity index (χ3v) is 1.22. The number of nitrogens with one attached hydrogen (secondary N) is 1. The van der Waals surface area contributed by atoms with Gasteiger partial charge in [0.05, 0.1) is 6.61 Å². The van der Waals surface area contributed by atoms with E-state index in [1.165, 1.54) is 0 Å². The van der Waals surface area contributed by atoms with E-state index >= 15 is 0 Å². The predicted octanol–water partition coefficient (Wildman–Crippen LogP) is -0.216. The molecule has 0 atom stereocenters. The van der Waals surface area contributed by atoms with Crippen LogP contribution in [0, 0.1) is 0 Å². The summed E-state index contributed by atoms with van der Waals surface area (Å²) in [6.07, 6.45) is 0. The Labute approximate surface area is 63.4 Å². The molecule has 0 unspecified atom stereocenters. The van der Waals surface area contributed by atoms with Gasteiger partial charge in [0.1, 0.15) is 0 Å². The number of hydrogen-bond acceptors (Lipinski definition) is 3. The molecule has 0 rings (SSSR count). The first kappa shape index (κ1) is 9.88. The van der Waals surface area contributed by atoms with Crippen LogP contribution in [-0.2, 0) is 4.74 Å². The summed E-state index contributed by atoms with van der Waals surface area (Å²) >= 11 is 0. The van der Waals surface area contributed by atoms with Gasteiger partial charge < -0.3 is 15.0 Å². The summed E-state index contributed by atoms with van der Waals surface area (Å²) in [4.78, 5) is 2.15. The summed E-state index contributed by atoms with van der Waals surface area (Å²) < 4.78 is 4.87. The smallest absolute Gasteiger partial charge is 0.0587 e. The number of hydrogen-bond donors (Lipinski definition) is 1. The minimum atomic E-state index is 0.799. The molecule has 0 saturated carbocycles. The lowest BCUT2D eigenvalue weighted by atomic mass is 10.5. The molecule has 0 amide bonds. The number of likely N-dealkylation sites (N-methyl/N-ethyl adjacent to an activating group) is 1. The monoisotopic (exact) mass is 146 g/mol. The SMILES string of the molecule is COCCNCCN(C)C. The molecule has 0 heterocycles. The number of ether oxygens (including phenoxy) is 1. The average Bonchev–Trinajstić information content (AvgIpc) is 1.87. The lowest BCUT2D eigenvalue weighted by molar-refractivity contribution is 0.198. The fourth-order valence-electron chi connectivity index (χ4n) is 0.602. The zero-order valence-corrected chi connectivity index (χ0v) is 7.18. The van der Waals surface area contributed by atoms with Gasteiger partial charge in [0, 0.05) is 26.7 Å². The highest BCUT2D eigenvalue weighted by atomic mass is 16.5. The van der Waals surface area contributed by atoms with Crippen molar-refractivity contribution in [3.8, 4) is 0 Å². The molecule has 0 aromatic carbocycles. The topological polar surface area (TPSA) is 24.5 Å². The van der Waals surface area contributed by atoms with Crippen LogP contribution in [0.25, 0.3) is 0 Å². The van der Waals surface area contributed by atoms with Crippen molar-refractivity contribution in [1.29, 1.82) is 0 Å². The van der Waals surface area contributed by atoms with Crippen LogP contribution in [0.3, 0.4) is 0 Å². The van der Waals surface area contributed by atoms with E-state index in [4.69, 9.17) is 4.74 Å². The highest BCUT2D eigenvalue weighted by Crippen LogP contribution is 1.70. The average molecular weight is 146 g/mol. The molecule has 62 valence electrons. The predicted molar refractivity (Wildman–Crippen MR) is 43.3 cm³/mol. The van der Waals surface area contributed by atoms with Gasteiger partial charge in [-0.2, -0.15) is 0 Å². The van der Waals surface area contributed by atoms with Gasteiger partial charge in [-0.25, -0.2) is 0 Å². The Kier molecular flexibility index (Phi) is 6.91. The van der Waals surface area contributed by atoms with Gasteiger partial charge in [-0.15, -0.1) is 0 Å². The van der Waals surface area contributed by atoms with Gasteiger partial charge in [0.2, 0.25) is 0 Å². The third kappa shape index (κ3) is 7.88. The van der Waals surface area contributed by atoms with E-state index in [1.54, 1.807) is 7.11 Å². The molecular formula is C7H18N2O.